The maximum absolute atomic E-state index is 12.5. The van der Waals surface area contributed by atoms with Crippen LogP contribution in [0.5, 0.6) is 11.6 Å². The molecule has 0 amide bonds. The van der Waals surface area contributed by atoms with E-state index in [1.165, 1.54) is 30.6 Å². The summed E-state index contributed by atoms with van der Waals surface area (Å²) in [4.78, 5) is 29.9. The number of thiophene rings is 1. The van der Waals surface area contributed by atoms with Crippen molar-refractivity contribution in [3.05, 3.63) is 59.3 Å². The number of aryl methyl sites for hydroxylation is 1. The molecule has 0 saturated carbocycles. The number of aromatic nitrogens is 4. The molecule has 1 aromatic carbocycles. The van der Waals surface area contributed by atoms with E-state index in [-0.39, 0.29) is 5.97 Å². The van der Waals surface area contributed by atoms with Crippen LogP contribution in [-0.4, -0.2) is 50.1 Å². The Bertz CT molecular complexity index is 1280. The molecule has 34 heavy (non-hydrogen) atoms. The van der Waals surface area contributed by atoms with Crippen LogP contribution in [0.1, 0.15) is 47.2 Å². The van der Waals surface area contributed by atoms with Crippen molar-refractivity contribution < 1.29 is 14.3 Å². The van der Waals surface area contributed by atoms with E-state index >= 15 is 0 Å². The Morgan fingerprint density at radius 1 is 1.12 bits per heavy atom. The maximum Gasteiger partial charge on any atom is 0.348 e. The number of rotatable bonds is 7. The number of piperidine rings is 1. The molecule has 176 valence electrons. The van der Waals surface area contributed by atoms with Crippen molar-refractivity contribution in [2.24, 2.45) is 0 Å². The average Bonchev–Trinajstić information content (AvgIpc) is 3.49. The van der Waals surface area contributed by atoms with E-state index < -0.39 is 0 Å². The zero-order valence-electron chi connectivity index (χ0n) is 19.4. The lowest BCUT2D eigenvalue weighted by atomic mass is 10.1. The van der Waals surface area contributed by atoms with Gasteiger partial charge in [-0.1, -0.05) is 6.42 Å². The van der Waals surface area contributed by atoms with Gasteiger partial charge in [0.05, 0.1) is 24.9 Å². The van der Waals surface area contributed by atoms with Crippen molar-refractivity contribution >= 4 is 27.5 Å². The molecule has 0 atom stereocenters. The molecule has 0 bridgehead atoms. The number of ether oxygens (including phenoxy) is 2. The van der Waals surface area contributed by atoms with Crippen LogP contribution in [0, 0.1) is 6.92 Å². The Labute approximate surface area is 202 Å². The largest absolute Gasteiger partial charge is 0.462 e. The van der Waals surface area contributed by atoms with Crippen LogP contribution in [0.25, 0.3) is 15.9 Å². The highest BCUT2D eigenvalue weighted by atomic mass is 32.1. The first-order valence-electron chi connectivity index (χ1n) is 11.6. The van der Waals surface area contributed by atoms with Crippen molar-refractivity contribution in [2.75, 3.05) is 19.7 Å². The van der Waals surface area contributed by atoms with Crippen molar-refractivity contribution in [1.29, 1.82) is 0 Å². The van der Waals surface area contributed by atoms with Crippen LogP contribution in [-0.2, 0) is 11.3 Å². The maximum atomic E-state index is 12.5. The summed E-state index contributed by atoms with van der Waals surface area (Å²) in [5, 5.41) is 0.758. The molecule has 9 heteroatoms. The van der Waals surface area contributed by atoms with E-state index in [4.69, 9.17) is 19.4 Å². The van der Waals surface area contributed by atoms with Gasteiger partial charge in [-0.15, -0.1) is 11.3 Å². The van der Waals surface area contributed by atoms with Crippen LogP contribution in [0.2, 0.25) is 0 Å². The van der Waals surface area contributed by atoms with Gasteiger partial charge in [-0.25, -0.2) is 14.8 Å². The van der Waals surface area contributed by atoms with Crippen LogP contribution in [0.4, 0.5) is 0 Å². The molecule has 0 radical (unpaired) electrons. The summed E-state index contributed by atoms with van der Waals surface area (Å²) < 4.78 is 13.5. The lowest BCUT2D eigenvalue weighted by Crippen LogP contribution is -2.29. The van der Waals surface area contributed by atoms with E-state index in [0.29, 0.717) is 35.5 Å². The average molecular weight is 478 g/mol. The highest BCUT2D eigenvalue weighted by molar-refractivity contribution is 7.20. The number of hydrogen-bond acceptors (Lipinski definition) is 8. The van der Waals surface area contributed by atoms with Gasteiger partial charge < -0.3 is 14.0 Å². The summed E-state index contributed by atoms with van der Waals surface area (Å²) in [5.41, 5.74) is 1.77. The molecular formula is C25H27N5O3S. The summed E-state index contributed by atoms with van der Waals surface area (Å²) in [5.74, 6) is 1.50. The molecule has 0 N–H and O–H groups in total. The second-order valence-corrected chi connectivity index (χ2v) is 9.30. The van der Waals surface area contributed by atoms with Gasteiger partial charge in [-0.2, -0.15) is 4.98 Å². The highest BCUT2D eigenvalue weighted by Gasteiger charge is 2.23. The Morgan fingerprint density at radius 3 is 2.62 bits per heavy atom. The monoisotopic (exact) mass is 477 g/mol. The van der Waals surface area contributed by atoms with Crippen molar-refractivity contribution in [2.45, 2.75) is 39.7 Å². The van der Waals surface area contributed by atoms with E-state index in [9.17, 15) is 4.79 Å². The van der Waals surface area contributed by atoms with Gasteiger partial charge in [0.2, 0.25) is 5.88 Å². The molecule has 0 aliphatic carbocycles. The zero-order valence-corrected chi connectivity index (χ0v) is 20.2. The summed E-state index contributed by atoms with van der Waals surface area (Å²) in [6, 6.07) is 7.74. The topological polar surface area (TPSA) is 82.4 Å². The molecule has 5 rings (SSSR count). The Kier molecular flexibility index (Phi) is 6.55. The first kappa shape index (κ1) is 22.5. The first-order valence-corrected chi connectivity index (χ1v) is 12.4. The van der Waals surface area contributed by atoms with Crippen molar-refractivity contribution in [1.82, 2.24) is 24.4 Å². The number of carbonyl (C=O) groups is 1. The number of likely N-dealkylation sites (tertiary alicyclic amines) is 1. The minimum absolute atomic E-state index is 0.324. The third-order valence-electron chi connectivity index (χ3n) is 5.93. The highest BCUT2D eigenvalue weighted by Crippen LogP contribution is 2.37. The molecule has 1 aliphatic rings. The Morgan fingerprint density at radius 2 is 1.91 bits per heavy atom. The molecule has 8 nitrogen and oxygen atoms in total. The summed E-state index contributed by atoms with van der Waals surface area (Å²) >= 11 is 1.34. The minimum atomic E-state index is -0.337. The molecule has 4 aromatic rings. The van der Waals surface area contributed by atoms with Crippen molar-refractivity contribution in [3.8, 4) is 17.3 Å². The SMILES string of the molecule is CCOC(=O)c1sc2nc(CN3CCCCC3)nc(Oc3ccc(-n4ccnc4)cc3)c2c1C. The van der Waals surface area contributed by atoms with Crippen LogP contribution in [0.3, 0.4) is 0 Å². The van der Waals surface area contributed by atoms with Gasteiger partial charge in [-0.3, -0.25) is 4.90 Å². The molecule has 0 unspecified atom stereocenters. The standard InChI is InChI=1S/C25H27N5O3S/c1-3-32-25(31)22-17(2)21-23(33-19-9-7-18(8-10-19)30-14-11-26-16-30)27-20(28-24(21)34-22)15-29-12-5-4-6-13-29/h7-11,14,16H,3-6,12-13,15H2,1-2H3. The van der Waals surface area contributed by atoms with Crippen LogP contribution >= 0.6 is 11.3 Å². The molecule has 4 heterocycles. The van der Waals surface area contributed by atoms with E-state index in [0.717, 1.165) is 34.6 Å². The number of benzene rings is 1. The normalized spacial score (nSPS) is 14.4. The smallest absolute Gasteiger partial charge is 0.348 e. The molecule has 3 aromatic heterocycles. The lowest BCUT2D eigenvalue weighted by molar-refractivity contribution is 0.0531. The van der Waals surface area contributed by atoms with Gasteiger partial charge in [0.15, 0.2) is 0 Å². The van der Waals surface area contributed by atoms with E-state index in [2.05, 4.69) is 9.88 Å². The molecule has 1 fully saturated rings. The fourth-order valence-electron chi connectivity index (χ4n) is 4.21. The van der Waals surface area contributed by atoms with Gasteiger partial charge in [0, 0.05) is 18.1 Å². The quantitative estimate of drug-likeness (QED) is 0.341. The third kappa shape index (κ3) is 4.67. The van der Waals surface area contributed by atoms with E-state index in [1.54, 1.807) is 19.4 Å². The fraction of sp³-hybridized carbons (Fsp3) is 0.360. The summed E-state index contributed by atoms with van der Waals surface area (Å²) in [6.45, 7) is 6.78. The molecular weight excluding hydrogens is 450 g/mol. The number of esters is 1. The summed E-state index contributed by atoms with van der Waals surface area (Å²) in [7, 11) is 0. The third-order valence-corrected chi connectivity index (χ3v) is 7.10. The molecule has 0 spiro atoms. The zero-order chi connectivity index (χ0) is 23.5. The lowest BCUT2D eigenvalue weighted by Gasteiger charge is -2.25. The van der Waals surface area contributed by atoms with Gasteiger partial charge >= 0.3 is 5.97 Å². The van der Waals surface area contributed by atoms with Gasteiger partial charge in [-0.05, 0) is 69.6 Å². The van der Waals surface area contributed by atoms with Crippen LogP contribution < -0.4 is 4.74 Å². The molecule has 1 aliphatic heterocycles. The predicted octanol–water partition coefficient (Wildman–Crippen LogP) is 5.14. The van der Waals surface area contributed by atoms with E-state index in [1.807, 2.05) is 42.0 Å². The van der Waals surface area contributed by atoms with Crippen LogP contribution in [0.15, 0.2) is 43.0 Å². The minimum Gasteiger partial charge on any atom is -0.462 e. The first-order chi connectivity index (χ1) is 16.6. The summed E-state index contributed by atoms with van der Waals surface area (Å²) in [6.07, 6.45) is 9.05. The second-order valence-electron chi connectivity index (χ2n) is 8.30. The second kappa shape index (κ2) is 9.90. The fourth-order valence-corrected chi connectivity index (χ4v) is 5.29. The van der Waals surface area contributed by atoms with Gasteiger partial charge in [0.1, 0.15) is 21.3 Å². The predicted molar refractivity (Wildman–Crippen MR) is 131 cm³/mol. The Hall–Kier alpha value is -3.30. The number of nitrogens with zero attached hydrogens (tertiary/aromatic N) is 5. The number of imidazole rings is 1. The molecule has 1 saturated heterocycles. The number of carbonyl (C=O) groups excluding carboxylic acids is 1. The van der Waals surface area contributed by atoms with Crippen molar-refractivity contribution in [3.63, 3.8) is 0 Å². The van der Waals surface area contributed by atoms with Gasteiger partial charge in [0.25, 0.3) is 0 Å². The Balaban J connectivity index is 1.51. The number of hydrogen-bond donors (Lipinski definition) is 0. The number of fused-ring (bicyclic) bond motifs is 1.